The highest BCUT2D eigenvalue weighted by atomic mass is 35.5. The second kappa shape index (κ2) is 4.65. The van der Waals surface area contributed by atoms with Gasteiger partial charge in [-0.15, -0.1) is 0 Å². The van der Waals surface area contributed by atoms with Crippen molar-refractivity contribution in [3.8, 4) is 6.07 Å². The molecule has 0 aromatic heterocycles. The van der Waals surface area contributed by atoms with Crippen molar-refractivity contribution in [2.75, 3.05) is 6.54 Å². The quantitative estimate of drug-likeness (QED) is 0.794. The molecule has 0 spiro atoms. The summed E-state index contributed by atoms with van der Waals surface area (Å²) in [5.74, 6) is 0. The van der Waals surface area contributed by atoms with Gasteiger partial charge in [0.15, 0.2) is 0 Å². The number of rotatable bonds is 3. The second-order valence-electron chi connectivity index (χ2n) is 3.88. The summed E-state index contributed by atoms with van der Waals surface area (Å²) in [5.41, 5.74) is 2.73. The van der Waals surface area contributed by atoms with Gasteiger partial charge in [-0.25, -0.2) is 0 Å². The molecule has 78 valence electrons. The van der Waals surface area contributed by atoms with Crippen LogP contribution in [-0.2, 0) is 12.8 Å². The first-order valence-electron chi connectivity index (χ1n) is 5.17. The molecule has 0 amide bonds. The lowest BCUT2D eigenvalue weighted by Crippen LogP contribution is -2.30. The Hall–Kier alpha value is -1.04. The molecular formula is C12H13ClN2. The Morgan fingerprint density at radius 2 is 2.20 bits per heavy atom. The maximum absolute atomic E-state index is 8.44. The molecule has 1 aromatic rings. The van der Waals surface area contributed by atoms with Crippen molar-refractivity contribution in [3.05, 3.63) is 34.3 Å². The van der Waals surface area contributed by atoms with Gasteiger partial charge in [0.1, 0.15) is 0 Å². The molecule has 0 heterocycles. The topological polar surface area (TPSA) is 35.8 Å². The third-order valence-corrected chi connectivity index (χ3v) is 3.01. The average Bonchev–Trinajstić information content (AvgIpc) is 2.60. The van der Waals surface area contributed by atoms with Gasteiger partial charge in [-0.3, -0.25) is 0 Å². The Morgan fingerprint density at radius 1 is 1.40 bits per heavy atom. The lowest BCUT2D eigenvalue weighted by Gasteiger charge is -2.09. The van der Waals surface area contributed by atoms with Crippen LogP contribution in [0.4, 0.5) is 0 Å². The van der Waals surface area contributed by atoms with Crippen molar-refractivity contribution in [1.29, 1.82) is 5.26 Å². The molecule has 0 saturated heterocycles. The molecule has 0 bridgehead atoms. The third-order valence-electron chi connectivity index (χ3n) is 2.77. The zero-order chi connectivity index (χ0) is 10.7. The van der Waals surface area contributed by atoms with Crippen LogP contribution in [-0.4, -0.2) is 12.6 Å². The standard InChI is InChI=1S/C12H13ClN2/c13-11-3-2-9-7-12(8-10(9)6-11)15-5-1-4-14/h2-3,6,12,15H,1,5,7-8H2. The molecule has 1 N–H and O–H groups in total. The Labute approximate surface area is 94.9 Å². The van der Waals surface area contributed by atoms with E-state index < -0.39 is 0 Å². The van der Waals surface area contributed by atoms with Crippen molar-refractivity contribution >= 4 is 11.6 Å². The summed E-state index contributed by atoms with van der Waals surface area (Å²) in [6.45, 7) is 0.781. The predicted molar refractivity (Wildman–Crippen MR) is 60.9 cm³/mol. The lowest BCUT2D eigenvalue weighted by atomic mass is 10.1. The first-order valence-corrected chi connectivity index (χ1v) is 5.55. The molecule has 0 radical (unpaired) electrons. The van der Waals surface area contributed by atoms with E-state index in [1.807, 2.05) is 12.1 Å². The monoisotopic (exact) mass is 220 g/mol. The number of halogens is 1. The predicted octanol–water partition coefficient (Wildman–Crippen LogP) is 2.31. The number of hydrogen-bond acceptors (Lipinski definition) is 2. The van der Waals surface area contributed by atoms with Gasteiger partial charge in [0.25, 0.3) is 0 Å². The molecule has 1 aliphatic carbocycles. The summed E-state index contributed by atoms with van der Waals surface area (Å²) in [6, 6.07) is 8.70. The maximum Gasteiger partial charge on any atom is 0.0635 e. The third kappa shape index (κ3) is 2.50. The van der Waals surface area contributed by atoms with Gasteiger partial charge in [-0.1, -0.05) is 17.7 Å². The number of nitrogens with zero attached hydrogens (tertiary/aromatic N) is 1. The number of hydrogen-bond donors (Lipinski definition) is 1. The fraction of sp³-hybridized carbons (Fsp3) is 0.417. The van der Waals surface area contributed by atoms with Crippen LogP contribution in [0.25, 0.3) is 0 Å². The smallest absolute Gasteiger partial charge is 0.0635 e. The van der Waals surface area contributed by atoms with Crippen LogP contribution in [0.15, 0.2) is 18.2 Å². The van der Waals surface area contributed by atoms with Gasteiger partial charge < -0.3 is 5.32 Å². The normalized spacial score (nSPS) is 18.5. The van der Waals surface area contributed by atoms with Crippen molar-refractivity contribution in [2.45, 2.75) is 25.3 Å². The van der Waals surface area contributed by atoms with Crippen molar-refractivity contribution in [2.24, 2.45) is 0 Å². The molecule has 15 heavy (non-hydrogen) atoms. The van der Waals surface area contributed by atoms with Gasteiger partial charge >= 0.3 is 0 Å². The molecule has 1 atom stereocenters. The molecule has 1 aliphatic rings. The number of fused-ring (bicyclic) bond motifs is 1. The minimum absolute atomic E-state index is 0.479. The number of nitriles is 1. The summed E-state index contributed by atoms with van der Waals surface area (Å²) in [7, 11) is 0. The van der Waals surface area contributed by atoms with Gasteiger partial charge in [-0.2, -0.15) is 5.26 Å². The van der Waals surface area contributed by atoms with Crippen molar-refractivity contribution in [3.63, 3.8) is 0 Å². The Balaban J connectivity index is 1.95. The zero-order valence-electron chi connectivity index (χ0n) is 8.46. The van der Waals surface area contributed by atoms with E-state index in [0.29, 0.717) is 12.5 Å². The van der Waals surface area contributed by atoms with E-state index >= 15 is 0 Å². The molecule has 1 unspecified atom stereocenters. The highest BCUT2D eigenvalue weighted by Gasteiger charge is 2.20. The fourth-order valence-electron chi connectivity index (χ4n) is 2.06. The Kier molecular flexibility index (Phi) is 3.25. The Bertz CT molecular complexity index is 395. The lowest BCUT2D eigenvalue weighted by molar-refractivity contribution is 0.541. The minimum Gasteiger partial charge on any atom is -0.312 e. The van der Waals surface area contributed by atoms with E-state index in [0.717, 1.165) is 24.4 Å². The highest BCUT2D eigenvalue weighted by Crippen LogP contribution is 2.25. The molecular weight excluding hydrogens is 208 g/mol. The molecule has 2 nitrogen and oxygen atoms in total. The highest BCUT2D eigenvalue weighted by molar-refractivity contribution is 6.30. The largest absolute Gasteiger partial charge is 0.312 e. The number of benzene rings is 1. The van der Waals surface area contributed by atoms with E-state index in [9.17, 15) is 0 Å². The number of nitrogens with one attached hydrogen (secondary N) is 1. The van der Waals surface area contributed by atoms with Crippen LogP contribution in [0.5, 0.6) is 0 Å². The van der Waals surface area contributed by atoms with Gasteiger partial charge in [-0.05, 0) is 36.1 Å². The van der Waals surface area contributed by atoms with Crippen LogP contribution in [0, 0.1) is 11.3 Å². The van der Waals surface area contributed by atoms with E-state index in [4.69, 9.17) is 16.9 Å². The molecule has 1 aromatic carbocycles. The van der Waals surface area contributed by atoms with E-state index in [2.05, 4.69) is 17.5 Å². The molecule has 0 fully saturated rings. The first kappa shape index (κ1) is 10.5. The Morgan fingerprint density at radius 3 is 3.00 bits per heavy atom. The van der Waals surface area contributed by atoms with E-state index in [1.54, 1.807) is 0 Å². The second-order valence-corrected chi connectivity index (χ2v) is 4.32. The maximum atomic E-state index is 8.44. The zero-order valence-corrected chi connectivity index (χ0v) is 9.22. The van der Waals surface area contributed by atoms with Crippen molar-refractivity contribution in [1.82, 2.24) is 5.32 Å². The molecule has 2 rings (SSSR count). The van der Waals surface area contributed by atoms with Gasteiger partial charge in [0.05, 0.1) is 6.07 Å². The van der Waals surface area contributed by atoms with Crippen LogP contribution in [0.2, 0.25) is 5.02 Å². The molecule has 0 aliphatic heterocycles. The first-order chi connectivity index (χ1) is 7.29. The summed E-state index contributed by atoms with van der Waals surface area (Å²) >= 11 is 5.93. The van der Waals surface area contributed by atoms with Gasteiger partial charge in [0, 0.05) is 24.0 Å². The summed E-state index contributed by atoms with van der Waals surface area (Å²) < 4.78 is 0. The van der Waals surface area contributed by atoms with Crippen LogP contribution >= 0.6 is 11.6 Å². The van der Waals surface area contributed by atoms with E-state index in [1.165, 1.54) is 11.1 Å². The average molecular weight is 221 g/mol. The van der Waals surface area contributed by atoms with Gasteiger partial charge in [0.2, 0.25) is 0 Å². The SMILES string of the molecule is N#CCCNC1Cc2ccc(Cl)cc2C1. The molecule has 3 heteroatoms. The fourth-order valence-corrected chi connectivity index (χ4v) is 2.26. The van der Waals surface area contributed by atoms with Crippen LogP contribution in [0.3, 0.4) is 0 Å². The minimum atomic E-state index is 0.479. The summed E-state index contributed by atoms with van der Waals surface area (Å²) in [6.07, 6.45) is 2.66. The molecule has 0 saturated carbocycles. The van der Waals surface area contributed by atoms with Crippen molar-refractivity contribution < 1.29 is 0 Å². The summed E-state index contributed by atoms with van der Waals surface area (Å²) in [4.78, 5) is 0. The van der Waals surface area contributed by atoms with E-state index in [-0.39, 0.29) is 0 Å². The summed E-state index contributed by atoms with van der Waals surface area (Å²) in [5, 5.41) is 12.6. The van der Waals surface area contributed by atoms with Crippen LogP contribution < -0.4 is 5.32 Å². The van der Waals surface area contributed by atoms with Crippen LogP contribution in [0.1, 0.15) is 17.5 Å².